The molecular weight excluding hydrogens is 384 g/mol. The molecule has 28 heavy (non-hydrogen) atoms. The third-order valence-electron chi connectivity index (χ3n) is 4.00. The molecule has 0 fully saturated rings. The normalized spacial score (nSPS) is 12.6. The second kappa shape index (κ2) is 8.57. The van der Waals surface area contributed by atoms with Crippen LogP contribution < -0.4 is 5.32 Å². The van der Waals surface area contributed by atoms with Crippen LogP contribution >= 0.6 is 11.3 Å². The summed E-state index contributed by atoms with van der Waals surface area (Å²) in [6, 6.07) is 9.77. The molecule has 0 saturated heterocycles. The molecule has 0 radical (unpaired) electrons. The molecule has 2 aromatic rings. The van der Waals surface area contributed by atoms with Crippen molar-refractivity contribution in [1.82, 2.24) is 10.2 Å². The van der Waals surface area contributed by atoms with Gasteiger partial charge in [-0.3, -0.25) is 34.2 Å². The number of rotatable bonds is 7. The summed E-state index contributed by atoms with van der Waals surface area (Å²) in [4.78, 5) is 61.0. The third-order valence-corrected chi connectivity index (χ3v) is 4.87. The van der Waals surface area contributed by atoms with Gasteiger partial charge in [-0.25, -0.2) is 0 Å². The van der Waals surface area contributed by atoms with Gasteiger partial charge in [0.15, 0.2) is 6.61 Å². The predicted molar refractivity (Wildman–Crippen MR) is 98.8 cm³/mol. The minimum Gasteiger partial charge on any atom is -0.456 e. The fourth-order valence-electron chi connectivity index (χ4n) is 2.67. The van der Waals surface area contributed by atoms with Crippen molar-refractivity contribution in [3.05, 3.63) is 57.8 Å². The number of nitrogens with one attached hydrogen (secondary N) is 1. The summed E-state index contributed by atoms with van der Waals surface area (Å²) >= 11 is 1.18. The first kappa shape index (κ1) is 19.4. The molecular formula is C19H16N2O6S. The Balaban J connectivity index is 1.38. The molecule has 1 aliphatic heterocycles. The number of imide groups is 2. The molecule has 1 aromatic heterocycles. The highest BCUT2D eigenvalue weighted by Crippen LogP contribution is 2.22. The zero-order valence-corrected chi connectivity index (χ0v) is 15.5. The Morgan fingerprint density at radius 3 is 2.29 bits per heavy atom. The van der Waals surface area contributed by atoms with E-state index < -0.39 is 24.4 Å². The first-order chi connectivity index (χ1) is 13.5. The van der Waals surface area contributed by atoms with E-state index >= 15 is 0 Å². The summed E-state index contributed by atoms with van der Waals surface area (Å²) in [6.45, 7) is -0.506. The SMILES string of the molecule is O=C(COC(=O)CCCN1C(=O)c2ccccc2C1=O)NC(=O)c1cccs1. The third kappa shape index (κ3) is 4.32. The lowest BCUT2D eigenvalue weighted by Gasteiger charge is -2.13. The second-order valence-electron chi connectivity index (χ2n) is 5.93. The highest BCUT2D eigenvalue weighted by Gasteiger charge is 2.34. The summed E-state index contributed by atoms with van der Waals surface area (Å²) in [7, 11) is 0. The topological polar surface area (TPSA) is 110 Å². The fourth-order valence-corrected chi connectivity index (χ4v) is 3.29. The summed E-state index contributed by atoms with van der Waals surface area (Å²) in [5, 5.41) is 3.82. The number of amides is 4. The molecule has 0 bridgehead atoms. The summed E-state index contributed by atoms with van der Waals surface area (Å²) < 4.78 is 4.81. The van der Waals surface area contributed by atoms with E-state index in [4.69, 9.17) is 4.74 Å². The van der Waals surface area contributed by atoms with Crippen LogP contribution in [0.3, 0.4) is 0 Å². The number of benzene rings is 1. The molecule has 1 N–H and O–H groups in total. The lowest BCUT2D eigenvalue weighted by molar-refractivity contribution is -0.148. The van der Waals surface area contributed by atoms with Crippen LogP contribution in [0.1, 0.15) is 43.2 Å². The molecule has 0 aliphatic carbocycles. The standard InChI is InChI=1S/C19H16N2O6S/c22-15(20-17(24)14-7-4-10-28-14)11-27-16(23)8-3-9-21-18(25)12-5-1-2-6-13(12)19(21)26/h1-2,4-7,10H,3,8-9,11H2,(H,20,22,24). The zero-order chi connectivity index (χ0) is 20.1. The van der Waals surface area contributed by atoms with Gasteiger partial charge in [0.2, 0.25) is 0 Å². The number of carbonyl (C=O) groups excluding carboxylic acids is 5. The van der Waals surface area contributed by atoms with Crippen LogP contribution in [0.4, 0.5) is 0 Å². The Bertz CT molecular complexity index is 903. The van der Waals surface area contributed by atoms with Gasteiger partial charge in [0, 0.05) is 13.0 Å². The monoisotopic (exact) mass is 400 g/mol. The summed E-state index contributed by atoms with van der Waals surface area (Å²) in [5.41, 5.74) is 0.698. The highest BCUT2D eigenvalue weighted by molar-refractivity contribution is 7.12. The highest BCUT2D eigenvalue weighted by atomic mass is 32.1. The van der Waals surface area contributed by atoms with Crippen molar-refractivity contribution in [1.29, 1.82) is 0 Å². The zero-order valence-electron chi connectivity index (χ0n) is 14.7. The number of hydrogen-bond donors (Lipinski definition) is 1. The Morgan fingerprint density at radius 2 is 1.68 bits per heavy atom. The van der Waals surface area contributed by atoms with Crippen molar-refractivity contribution in [3.8, 4) is 0 Å². The molecule has 9 heteroatoms. The van der Waals surface area contributed by atoms with Gasteiger partial charge in [-0.15, -0.1) is 11.3 Å². The van der Waals surface area contributed by atoms with E-state index in [2.05, 4.69) is 5.32 Å². The molecule has 144 valence electrons. The minimum absolute atomic E-state index is 0.0699. The van der Waals surface area contributed by atoms with Crippen molar-refractivity contribution in [2.45, 2.75) is 12.8 Å². The van der Waals surface area contributed by atoms with Gasteiger partial charge < -0.3 is 4.74 Å². The maximum absolute atomic E-state index is 12.2. The number of carbonyl (C=O) groups is 5. The van der Waals surface area contributed by atoms with Crippen LogP contribution in [0, 0.1) is 0 Å². The Labute approximate surface area is 164 Å². The number of thiophene rings is 1. The average Bonchev–Trinajstić information content (AvgIpc) is 3.30. The predicted octanol–water partition coefficient (Wildman–Crippen LogP) is 1.62. The maximum Gasteiger partial charge on any atom is 0.306 e. The quantitative estimate of drug-likeness (QED) is 0.559. The van der Waals surface area contributed by atoms with E-state index in [-0.39, 0.29) is 31.2 Å². The first-order valence-electron chi connectivity index (χ1n) is 8.46. The molecule has 8 nitrogen and oxygen atoms in total. The lowest BCUT2D eigenvalue weighted by atomic mass is 10.1. The molecule has 4 amide bonds. The fraction of sp³-hybridized carbons (Fsp3) is 0.211. The second-order valence-corrected chi connectivity index (χ2v) is 6.87. The van der Waals surface area contributed by atoms with Gasteiger partial charge in [0.1, 0.15) is 0 Å². The number of ether oxygens (including phenoxy) is 1. The van der Waals surface area contributed by atoms with Crippen LogP contribution in [0.5, 0.6) is 0 Å². The van der Waals surface area contributed by atoms with Gasteiger partial charge >= 0.3 is 5.97 Å². The van der Waals surface area contributed by atoms with E-state index in [0.29, 0.717) is 16.0 Å². The van der Waals surface area contributed by atoms with Crippen molar-refractivity contribution in [2.75, 3.05) is 13.2 Å². The lowest BCUT2D eigenvalue weighted by Crippen LogP contribution is -2.34. The molecule has 0 unspecified atom stereocenters. The van der Waals surface area contributed by atoms with Gasteiger partial charge in [0.05, 0.1) is 16.0 Å². The molecule has 0 atom stereocenters. The molecule has 3 rings (SSSR count). The van der Waals surface area contributed by atoms with Crippen molar-refractivity contribution >= 4 is 40.9 Å². The molecule has 0 spiro atoms. The van der Waals surface area contributed by atoms with Crippen molar-refractivity contribution in [2.24, 2.45) is 0 Å². The minimum atomic E-state index is -0.730. The van der Waals surface area contributed by atoms with E-state index in [1.807, 2.05) is 0 Å². The Kier molecular flexibility index (Phi) is 5.95. The van der Waals surface area contributed by atoms with E-state index in [9.17, 15) is 24.0 Å². The number of hydrogen-bond acceptors (Lipinski definition) is 7. The van der Waals surface area contributed by atoms with E-state index in [0.717, 1.165) is 4.90 Å². The summed E-state index contributed by atoms with van der Waals surface area (Å²) in [6.07, 6.45) is 0.138. The van der Waals surface area contributed by atoms with Crippen LogP contribution in [-0.4, -0.2) is 47.6 Å². The smallest absolute Gasteiger partial charge is 0.306 e. The van der Waals surface area contributed by atoms with Crippen LogP contribution in [0.15, 0.2) is 41.8 Å². The van der Waals surface area contributed by atoms with Gasteiger partial charge in [-0.2, -0.15) is 0 Å². The number of esters is 1. The molecule has 2 heterocycles. The molecule has 1 aliphatic rings. The van der Waals surface area contributed by atoms with Gasteiger partial charge in [-0.1, -0.05) is 18.2 Å². The van der Waals surface area contributed by atoms with Crippen LogP contribution in [0.2, 0.25) is 0 Å². The van der Waals surface area contributed by atoms with Crippen LogP contribution in [0.25, 0.3) is 0 Å². The summed E-state index contributed by atoms with van der Waals surface area (Å²) in [5.74, 6) is -2.72. The van der Waals surface area contributed by atoms with Crippen LogP contribution in [-0.2, 0) is 14.3 Å². The van der Waals surface area contributed by atoms with E-state index in [1.165, 1.54) is 11.3 Å². The number of fused-ring (bicyclic) bond motifs is 1. The Hall–Kier alpha value is -3.33. The van der Waals surface area contributed by atoms with Crippen molar-refractivity contribution in [3.63, 3.8) is 0 Å². The van der Waals surface area contributed by atoms with Gasteiger partial charge in [-0.05, 0) is 30.0 Å². The van der Waals surface area contributed by atoms with Crippen molar-refractivity contribution < 1.29 is 28.7 Å². The van der Waals surface area contributed by atoms with Gasteiger partial charge in [0.25, 0.3) is 23.6 Å². The average molecular weight is 400 g/mol. The number of nitrogens with zero attached hydrogens (tertiary/aromatic N) is 1. The maximum atomic E-state index is 12.2. The van der Waals surface area contributed by atoms with E-state index in [1.54, 1.807) is 41.8 Å². The Morgan fingerprint density at radius 1 is 1.00 bits per heavy atom. The molecule has 0 saturated carbocycles. The first-order valence-corrected chi connectivity index (χ1v) is 9.34. The largest absolute Gasteiger partial charge is 0.456 e. The molecule has 1 aromatic carbocycles.